The average Bonchev–Trinajstić information content (AvgIpc) is 3.11. The summed E-state index contributed by atoms with van der Waals surface area (Å²) in [4.78, 5) is 28.8. The van der Waals surface area contributed by atoms with Crippen LogP contribution >= 0.6 is 0 Å². The molecule has 4 rings (SSSR count). The zero-order valence-electron chi connectivity index (χ0n) is 18.6. The number of H-pyrrole nitrogens is 1. The van der Waals surface area contributed by atoms with Crippen LogP contribution in [-0.2, 0) is 13.0 Å². The van der Waals surface area contributed by atoms with Gasteiger partial charge in [0.05, 0.1) is 5.56 Å². The lowest BCUT2D eigenvalue weighted by Crippen LogP contribution is -2.18. The van der Waals surface area contributed by atoms with Gasteiger partial charge in [-0.2, -0.15) is 10.4 Å². The molecule has 0 aliphatic carbocycles. The van der Waals surface area contributed by atoms with Crippen LogP contribution in [0.15, 0.2) is 53.3 Å². The molecule has 0 amide bonds. The van der Waals surface area contributed by atoms with Gasteiger partial charge in [-0.3, -0.25) is 4.79 Å². The number of nitrogens with one attached hydrogen (secondary N) is 1. The number of aromatic nitrogens is 4. The summed E-state index contributed by atoms with van der Waals surface area (Å²) in [6.07, 6.45) is 0.607. The van der Waals surface area contributed by atoms with Gasteiger partial charge in [0.1, 0.15) is 22.9 Å². The van der Waals surface area contributed by atoms with E-state index in [1.807, 2.05) is 34.9 Å². The number of benzene rings is 2. The number of nitriles is 1. The molecular formula is C25H23N5O3. The molecule has 0 spiro atoms. The molecule has 0 aliphatic rings. The first-order valence-electron chi connectivity index (χ1n) is 10.5. The van der Waals surface area contributed by atoms with Crippen LogP contribution in [0.5, 0.6) is 0 Å². The zero-order chi connectivity index (χ0) is 23.8. The zero-order valence-corrected chi connectivity index (χ0v) is 18.6. The Morgan fingerprint density at radius 3 is 2.48 bits per heavy atom. The summed E-state index contributed by atoms with van der Waals surface area (Å²) in [5, 5.41) is 25.1. The second-order valence-electron chi connectivity index (χ2n) is 9.11. The first-order chi connectivity index (χ1) is 15.7. The van der Waals surface area contributed by atoms with Crippen molar-refractivity contribution in [2.75, 3.05) is 0 Å². The van der Waals surface area contributed by atoms with Crippen LogP contribution < -0.4 is 5.56 Å². The third-order valence-electron chi connectivity index (χ3n) is 5.31. The molecule has 33 heavy (non-hydrogen) atoms. The van der Waals surface area contributed by atoms with Crippen LogP contribution in [0.4, 0.5) is 0 Å². The second kappa shape index (κ2) is 8.36. The molecule has 0 saturated carbocycles. The van der Waals surface area contributed by atoms with Gasteiger partial charge in [0.15, 0.2) is 5.69 Å². The fraction of sp³-hybridized carbons (Fsp3) is 0.240. The van der Waals surface area contributed by atoms with Crippen LogP contribution in [0.25, 0.3) is 22.2 Å². The van der Waals surface area contributed by atoms with E-state index in [9.17, 15) is 20.0 Å². The van der Waals surface area contributed by atoms with E-state index in [-0.39, 0.29) is 16.7 Å². The number of aromatic amines is 1. The summed E-state index contributed by atoms with van der Waals surface area (Å²) in [6.45, 7) is 6.62. The van der Waals surface area contributed by atoms with Crippen molar-refractivity contribution in [3.05, 3.63) is 81.5 Å². The summed E-state index contributed by atoms with van der Waals surface area (Å²) in [6, 6.07) is 16.4. The number of rotatable bonds is 5. The quantitative estimate of drug-likeness (QED) is 0.482. The maximum atomic E-state index is 12.6. The van der Waals surface area contributed by atoms with Crippen LogP contribution in [0, 0.1) is 16.7 Å². The maximum absolute atomic E-state index is 12.6. The highest BCUT2D eigenvalue weighted by Crippen LogP contribution is 2.27. The van der Waals surface area contributed by atoms with Gasteiger partial charge in [-0.25, -0.2) is 14.9 Å². The Morgan fingerprint density at radius 2 is 1.85 bits per heavy atom. The number of imidazole rings is 1. The van der Waals surface area contributed by atoms with Crippen molar-refractivity contribution in [3.8, 4) is 17.2 Å². The highest BCUT2D eigenvalue weighted by molar-refractivity contribution is 5.96. The van der Waals surface area contributed by atoms with Gasteiger partial charge >= 0.3 is 5.97 Å². The Balaban J connectivity index is 1.78. The van der Waals surface area contributed by atoms with E-state index in [0.717, 1.165) is 11.1 Å². The second-order valence-corrected chi connectivity index (χ2v) is 9.11. The lowest BCUT2D eigenvalue weighted by atomic mass is 9.92. The summed E-state index contributed by atoms with van der Waals surface area (Å²) < 4.78 is 1.84. The standard InChI is InChI=1S/C25H23N5O3/c1-25(2,3)12-20-27-21-19(13-26)28-29-23(31)22(21)30(20)14-15-8-10-16(11-9-15)17-6-4-5-7-18(17)24(32)33/h4-11H,12,14H2,1-3H3,(H,29,31)(H,32,33). The van der Waals surface area contributed by atoms with Crippen molar-refractivity contribution < 1.29 is 9.90 Å². The van der Waals surface area contributed by atoms with Crippen molar-refractivity contribution in [2.24, 2.45) is 5.41 Å². The van der Waals surface area contributed by atoms with Crippen LogP contribution in [0.2, 0.25) is 0 Å². The lowest BCUT2D eigenvalue weighted by molar-refractivity contribution is 0.0697. The van der Waals surface area contributed by atoms with Gasteiger partial charge in [-0.1, -0.05) is 63.2 Å². The van der Waals surface area contributed by atoms with Crippen molar-refractivity contribution in [2.45, 2.75) is 33.7 Å². The first kappa shape index (κ1) is 22.0. The normalized spacial score (nSPS) is 11.5. The van der Waals surface area contributed by atoms with Crippen molar-refractivity contribution in [1.29, 1.82) is 5.26 Å². The number of carbonyl (C=O) groups is 1. The number of hydrogen-bond donors (Lipinski definition) is 2. The first-order valence-corrected chi connectivity index (χ1v) is 10.5. The van der Waals surface area contributed by atoms with Gasteiger partial charge in [-0.05, 0) is 28.2 Å². The molecule has 0 aliphatic heterocycles. The highest BCUT2D eigenvalue weighted by Gasteiger charge is 2.22. The molecule has 4 aromatic rings. The molecule has 0 fully saturated rings. The van der Waals surface area contributed by atoms with E-state index in [1.54, 1.807) is 24.3 Å². The predicted molar refractivity (Wildman–Crippen MR) is 124 cm³/mol. The van der Waals surface area contributed by atoms with Gasteiger partial charge in [-0.15, -0.1) is 0 Å². The molecule has 0 unspecified atom stereocenters. The number of carboxylic acid groups (broad SMARTS) is 1. The molecule has 2 aromatic carbocycles. The van der Waals surface area contributed by atoms with E-state index in [1.165, 1.54) is 0 Å². The number of carboxylic acids is 1. The van der Waals surface area contributed by atoms with E-state index in [0.29, 0.717) is 35.4 Å². The lowest BCUT2D eigenvalue weighted by Gasteiger charge is -2.19. The summed E-state index contributed by atoms with van der Waals surface area (Å²) >= 11 is 0. The Hall–Kier alpha value is -4.25. The predicted octanol–water partition coefficient (Wildman–Crippen LogP) is 3.99. The molecule has 0 radical (unpaired) electrons. The molecule has 2 aromatic heterocycles. The smallest absolute Gasteiger partial charge is 0.336 e. The van der Waals surface area contributed by atoms with E-state index >= 15 is 0 Å². The minimum atomic E-state index is -0.979. The van der Waals surface area contributed by atoms with Crippen LogP contribution in [0.3, 0.4) is 0 Å². The number of hydrogen-bond acceptors (Lipinski definition) is 5. The molecule has 0 saturated heterocycles. The van der Waals surface area contributed by atoms with Gasteiger partial charge in [0.2, 0.25) is 0 Å². The SMILES string of the molecule is CC(C)(C)Cc1nc2c(C#N)n[nH]c(=O)c2n1Cc1ccc(-c2ccccc2C(=O)O)cc1. The highest BCUT2D eigenvalue weighted by atomic mass is 16.4. The van der Waals surface area contributed by atoms with E-state index in [2.05, 4.69) is 36.0 Å². The third-order valence-corrected chi connectivity index (χ3v) is 5.31. The molecular weight excluding hydrogens is 418 g/mol. The number of nitrogens with zero attached hydrogens (tertiary/aromatic N) is 4. The van der Waals surface area contributed by atoms with Crippen molar-refractivity contribution in [1.82, 2.24) is 19.7 Å². The average molecular weight is 441 g/mol. The van der Waals surface area contributed by atoms with Crippen LogP contribution in [0.1, 0.15) is 48.2 Å². The maximum Gasteiger partial charge on any atom is 0.336 e. The molecule has 2 N–H and O–H groups in total. The van der Waals surface area contributed by atoms with E-state index < -0.39 is 11.5 Å². The molecule has 166 valence electrons. The van der Waals surface area contributed by atoms with Gasteiger partial charge in [0.25, 0.3) is 5.56 Å². The van der Waals surface area contributed by atoms with Gasteiger partial charge < -0.3 is 9.67 Å². The minimum Gasteiger partial charge on any atom is -0.478 e. The topological polar surface area (TPSA) is 125 Å². The molecule has 8 heteroatoms. The summed E-state index contributed by atoms with van der Waals surface area (Å²) in [7, 11) is 0. The fourth-order valence-electron chi connectivity index (χ4n) is 3.86. The minimum absolute atomic E-state index is 0.0825. The Bertz CT molecular complexity index is 1450. The molecule has 0 atom stereocenters. The monoisotopic (exact) mass is 441 g/mol. The molecule has 2 heterocycles. The largest absolute Gasteiger partial charge is 0.478 e. The van der Waals surface area contributed by atoms with E-state index in [4.69, 9.17) is 0 Å². The van der Waals surface area contributed by atoms with Crippen molar-refractivity contribution >= 4 is 17.0 Å². The van der Waals surface area contributed by atoms with Crippen molar-refractivity contribution in [3.63, 3.8) is 0 Å². The van der Waals surface area contributed by atoms with Gasteiger partial charge in [0, 0.05) is 13.0 Å². The molecule has 8 nitrogen and oxygen atoms in total. The summed E-state index contributed by atoms with van der Waals surface area (Å²) in [5.41, 5.74) is 2.79. The summed E-state index contributed by atoms with van der Waals surface area (Å²) in [5.74, 6) is -0.277. The molecule has 0 bridgehead atoms. The Labute approximate surface area is 190 Å². The third kappa shape index (κ3) is 4.39. The number of fused-ring (bicyclic) bond motifs is 1. The van der Waals surface area contributed by atoms with Crippen LogP contribution in [-0.4, -0.2) is 30.8 Å². The fourth-order valence-corrected chi connectivity index (χ4v) is 3.86. The Kier molecular flexibility index (Phi) is 5.56. The number of aromatic carboxylic acids is 1. The Morgan fingerprint density at radius 1 is 1.15 bits per heavy atom.